The summed E-state index contributed by atoms with van der Waals surface area (Å²) < 4.78 is 0. The predicted octanol–water partition coefficient (Wildman–Crippen LogP) is 4.35. The van der Waals surface area contributed by atoms with Crippen molar-refractivity contribution in [1.82, 2.24) is 0 Å². The zero-order valence-corrected chi connectivity index (χ0v) is 19.2. The van der Waals surface area contributed by atoms with Crippen LogP contribution in [-0.4, -0.2) is 35.0 Å². The van der Waals surface area contributed by atoms with Crippen molar-refractivity contribution >= 4 is 41.5 Å². The summed E-state index contributed by atoms with van der Waals surface area (Å²) in [6.45, 7) is 11.4. The van der Waals surface area contributed by atoms with E-state index >= 15 is 0 Å². The third kappa shape index (κ3) is 11.6. The van der Waals surface area contributed by atoms with Gasteiger partial charge in [-0.3, -0.25) is 15.1 Å². The van der Waals surface area contributed by atoms with E-state index in [1.165, 1.54) is 37.3 Å². The summed E-state index contributed by atoms with van der Waals surface area (Å²) in [6.07, 6.45) is 5.82. The molecule has 7 heteroatoms. The molecule has 0 saturated carbocycles. The van der Waals surface area contributed by atoms with E-state index in [0.29, 0.717) is 5.56 Å². The van der Waals surface area contributed by atoms with Crippen LogP contribution in [0.2, 0.25) is 0 Å². The quantitative estimate of drug-likeness (QED) is 0.270. The number of para-hydroxylation sites is 1. The number of hydrogen-bond donors (Lipinski definition) is 0. The fourth-order valence-corrected chi connectivity index (χ4v) is 1.45. The number of non-ortho nitro benzene ring substituents is 1. The number of nitro groups is 1. The van der Waals surface area contributed by atoms with Crippen LogP contribution in [0, 0.1) is 24.0 Å². The number of hydrogen-bond acceptors (Lipinski definition) is 5. The topological polar surface area (TPSA) is 102 Å². The molecule has 28 heavy (non-hydrogen) atoms. The number of nitro benzene ring substituents is 1. The van der Waals surface area contributed by atoms with Crippen LogP contribution < -0.4 is 10.2 Å². The van der Waals surface area contributed by atoms with Gasteiger partial charge in [0.25, 0.3) is 5.69 Å². The van der Waals surface area contributed by atoms with Gasteiger partial charge in [-0.1, -0.05) is 83.4 Å². The van der Waals surface area contributed by atoms with Crippen LogP contribution in [-0.2, 0) is 0 Å². The molecule has 0 bridgehead atoms. The van der Waals surface area contributed by atoms with Crippen molar-refractivity contribution in [3.63, 3.8) is 0 Å². The summed E-state index contributed by atoms with van der Waals surface area (Å²) in [6, 6.07) is 9.58. The van der Waals surface area contributed by atoms with Crippen molar-refractivity contribution in [3.8, 4) is 11.5 Å². The van der Waals surface area contributed by atoms with Crippen LogP contribution in [0.15, 0.2) is 47.5 Å². The monoisotopic (exact) mass is 490 g/mol. The Morgan fingerprint density at radius 3 is 1.96 bits per heavy atom. The minimum Gasteiger partial charge on any atom is -0.872 e. The smallest absolute Gasteiger partial charge is 0.872 e. The Balaban J connectivity index is 0. The van der Waals surface area contributed by atoms with E-state index in [-0.39, 0.29) is 41.0 Å². The molecular formula is C21H26N2O4Sn. The molecule has 0 saturated heterocycles. The Kier molecular flexibility index (Phi) is 17.1. The summed E-state index contributed by atoms with van der Waals surface area (Å²) in [5.41, 5.74) is 0.113. The Morgan fingerprint density at radius 2 is 1.54 bits per heavy atom. The van der Waals surface area contributed by atoms with Crippen LogP contribution >= 0.6 is 0 Å². The van der Waals surface area contributed by atoms with Crippen molar-refractivity contribution in [3.05, 3.63) is 72.0 Å². The molecule has 0 aliphatic heterocycles. The Labute approximate surface area is 184 Å². The number of rotatable bonds is 5. The van der Waals surface area contributed by atoms with Crippen molar-refractivity contribution < 1.29 is 15.1 Å². The van der Waals surface area contributed by atoms with Gasteiger partial charge in [0.1, 0.15) is 0 Å². The van der Waals surface area contributed by atoms with Gasteiger partial charge in [0.15, 0.2) is 0 Å². The molecule has 0 N–H and O–H groups in total. The zero-order chi connectivity index (χ0) is 20.7. The number of benzene rings is 2. The van der Waals surface area contributed by atoms with Crippen molar-refractivity contribution in [2.45, 2.75) is 39.5 Å². The molecule has 4 radical (unpaired) electrons. The number of nitrogens with zero attached hydrogens (tertiary/aromatic N) is 2. The molecular weight excluding hydrogens is 463 g/mol. The molecule has 0 amide bonds. The van der Waals surface area contributed by atoms with Crippen molar-refractivity contribution in [1.29, 1.82) is 0 Å². The summed E-state index contributed by atoms with van der Waals surface area (Å²) in [5, 5.41) is 33.4. The van der Waals surface area contributed by atoms with Crippen molar-refractivity contribution in [2.24, 2.45) is 4.99 Å². The Morgan fingerprint density at radius 1 is 1.00 bits per heavy atom. The molecule has 2 aromatic carbocycles. The van der Waals surface area contributed by atoms with E-state index in [9.17, 15) is 20.3 Å². The molecule has 6 nitrogen and oxygen atoms in total. The first-order chi connectivity index (χ1) is 12.9. The molecule has 0 unspecified atom stereocenters. The molecule has 148 valence electrons. The minimum absolute atomic E-state index is 0. The first kappa shape index (κ1) is 28.1. The van der Waals surface area contributed by atoms with Gasteiger partial charge in [0.2, 0.25) is 0 Å². The van der Waals surface area contributed by atoms with Gasteiger partial charge in [-0.25, -0.2) is 0 Å². The van der Waals surface area contributed by atoms with E-state index in [1.807, 2.05) is 0 Å². The summed E-state index contributed by atoms with van der Waals surface area (Å²) >= 11 is 0. The van der Waals surface area contributed by atoms with E-state index < -0.39 is 10.7 Å². The Hall–Kier alpha value is -2.09. The van der Waals surface area contributed by atoms with E-state index in [4.69, 9.17) is 0 Å². The summed E-state index contributed by atoms with van der Waals surface area (Å²) in [7, 11) is 0. The second-order valence-electron chi connectivity index (χ2n) is 5.41. The average Bonchev–Trinajstić information content (AvgIpc) is 2.68. The fraction of sp³-hybridized carbons (Fsp3) is 0.286. The molecule has 0 atom stereocenters. The first-order valence-corrected chi connectivity index (χ1v) is 8.75. The van der Waals surface area contributed by atoms with Gasteiger partial charge in [0, 0.05) is 18.3 Å². The molecule has 2 aromatic rings. The second-order valence-corrected chi connectivity index (χ2v) is 5.41. The maximum absolute atomic E-state index is 11.6. The molecule has 0 aromatic heterocycles. The van der Waals surface area contributed by atoms with E-state index in [2.05, 4.69) is 32.7 Å². The first-order valence-electron chi connectivity index (χ1n) is 8.75. The van der Waals surface area contributed by atoms with Gasteiger partial charge >= 0.3 is 23.9 Å². The summed E-state index contributed by atoms with van der Waals surface area (Å²) in [5.74, 6) is -0.769. The van der Waals surface area contributed by atoms with Crippen LogP contribution in [0.3, 0.4) is 0 Å². The van der Waals surface area contributed by atoms with Crippen LogP contribution in [0.1, 0.15) is 45.1 Å². The van der Waals surface area contributed by atoms with Crippen molar-refractivity contribution in [2.75, 3.05) is 0 Å². The predicted molar refractivity (Wildman–Crippen MR) is 112 cm³/mol. The fourth-order valence-electron chi connectivity index (χ4n) is 1.45. The standard InChI is InChI=1S/C13H10N2O4.2C4H9.Sn/c16-12-4-2-1-3-9(12)8-14-11-6-5-10(15(18)19)7-13(11)17;2*1-3-4-2;/h1-8,16-17H;2*1,3-4H2,2H3;/q;;;+2/p-2. The van der Waals surface area contributed by atoms with Crippen LogP contribution in [0.25, 0.3) is 0 Å². The number of unbranched alkanes of at least 4 members (excludes halogenated alkanes) is 2. The molecule has 0 spiro atoms. The molecule has 0 aliphatic carbocycles. The van der Waals surface area contributed by atoms with Gasteiger partial charge in [0.05, 0.1) is 10.6 Å². The van der Waals surface area contributed by atoms with E-state index in [0.717, 1.165) is 18.9 Å². The normalized spacial score (nSPS) is 9.43. The summed E-state index contributed by atoms with van der Waals surface area (Å²) in [4.78, 5) is 13.7. The zero-order valence-electron chi connectivity index (χ0n) is 16.4. The Bertz CT molecular complexity index is 713. The van der Waals surface area contributed by atoms with Crippen LogP contribution in [0.4, 0.5) is 11.4 Å². The van der Waals surface area contributed by atoms with Gasteiger partial charge in [-0.05, 0) is 11.6 Å². The molecule has 0 aliphatic rings. The SMILES string of the molecule is O=[N+]([O-])c1ccc(N=Cc2ccccc2[O-])c([O-])c1.[CH2]CCC.[CH2]CCC.[Sn+2]. The largest absolute Gasteiger partial charge is 2.00 e. The second kappa shape index (κ2) is 17.0. The maximum Gasteiger partial charge on any atom is 2.00 e. The maximum atomic E-state index is 11.6. The van der Waals surface area contributed by atoms with Gasteiger partial charge in [-0.15, -0.1) is 5.75 Å². The average molecular weight is 489 g/mol. The molecule has 0 heterocycles. The van der Waals surface area contributed by atoms with E-state index in [1.54, 1.807) is 18.2 Å². The van der Waals surface area contributed by atoms with Gasteiger partial charge in [-0.2, -0.15) is 0 Å². The van der Waals surface area contributed by atoms with Gasteiger partial charge < -0.3 is 10.2 Å². The third-order valence-electron chi connectivity index (χ3n) is 3.12. The molecule has 0 fully saturated rings. The minimum atomic E-state index is -0.651. The third-order valence-corrected chi connectivity index (χ3v) is 3.12. The molecule has 2 rings (SSSR count). The number of aliphatic imine (C=N–C) groups is 1. The van der Waals surface area contributed by atoms with Crippen LogP contribution in [0.5, 0.6) is 11.5 Å².